The number of urea groups is 1. The molecule has 0 radical (unpaired) electrons. The molecule has 2 atom stereocenters. The summed E-state index contributed by atoms with van der Waals surface area (Å²) in [7, 11) is 0. The summed E-state index contributed by atoms with van der Waals surface area (Å²) in [4.78, 5) is 43.0. The average Bonchev–Trinajstić information content (AvgIpc) is 3.59. The largest absolute Gasteiger partial charge is 0.325 e. The summed E-state index contributed by atoms with van der Waals surface area (Å²) in [6, 6.07) is 17.0. The van der Waals surface area contributed by atoms with Crippen molar-refractivity contribution in [1.82, 2.24) is 10.2 Å². The van der Waals surface area contributed by atoms with Gasteiger partial charge in [0.1, 0.15) is 12.1 Å². The monoisotopic (exact) mass is 421 g/mol. The van der Waals surface area contributed by atoms with E-state index in [-0.39, 0.29) is 30.3 Å². The zero-order valence-electron chi connectivity index (χ0n) is 16.7. The highest BCUT2D eigenvalue weighted by Gasteiger charge is 2.56. The molecule has 2 fully saturated rings. The molecule has 3 aliphatic rings. The van der Waals surface area contributed by atoms with Gasteiger partial charge in [0, 0.05) is 10.6 Å². The maximum absolute atomic E-state index is 13.5. The summed E-state index contributed by atoms with van der Waals surface area (Å²) in [5.41, 5.74) is 0.976. The van der Waals surface area contributed by atoms with E-state index in [0.29, 0.717) is 5.75 Å². The van der Waals surface area contributed by atoms with Crippen LogP contribution in [0.5, 0.6) is 0 Å². The lowest BCUT2D eigenvalue weighted by Gasteiger charge is -2.37. The van der Waals surface area contributed by atoms with Gasteiger partial charge in [0.05, 0.1) is 11.7 Å². The number of benzene rings is 2. The quantitative estimate of drug-likeness (QED) is 0.766. The molecule has 0 bridgehead atoms. The van der Waals surface area contributed by atoms with E-state index in [9.17, 15) is 14.4 Å². The summed E-state index contributed by atoms with van der Waals surface area (Å²) in [6.07, 6.45) is 1.86. The van der Waals surface area contributed by atoms with Crippen LogP contribution in [0.2, 0.25) is 0 Å². The molecule has 2 aromatic rings. The van der Waals surface area contributed by atoms with Gasteiger partial charge >= 0.3 is 6.03 Å². The molecule has 4 amide bonds. The Morgan fingerprint density at radius 3 is 2.53 bits per heavy atom. The number of carbonyl (C=O) groups is 3. The minimum Gasteiger partial charge on any atom is -0.323 e. The van der Waals surface area contributed by atoms with Crippen molar-refractivity contribution in [2.45, 2.75) is 36.2 Å². The van der Waals surface area contributed by atoms with E-state index in [2.05, 4.69) is 5.32 Å². The van der Waals surface area contributed by atoms with Gasteiger partial charge in [-0.1, -0.05) is 42.5 Å². The Morgan fingerprint density at radius 2 is 1.80 bits per heavy atom. The van der Waals surface area contributed by atoms with E-state index < -0.39 is 11.6 Å². The Labute approximate surface area is 179 Å². The first-order valence-corrected chi connectivity index (χ1v) is 11.2. The molecule has 0 aromatic heterocycles. The van der Waals surface area contributed by atoms with Gasteiger partial charge in [0.15, 0.2) is 0 Å². The van der Waals surface area contributed by atoms with Crippen molar-refractivity contribution in [3.05, 3.63) is 60.2 Å². The van der Waals surface area contributed by atoms with Crippen LogP contribution in [-0.2, 0) is 9.59 Å². The Kier molecular flexibility index (Phi) is 4.58. The maximum Gasteiger partial charge on any atom is 0.325 e. The Morgan fingerprint density at radius 1 is 1.10 bits per heavy atom. The predicted octanol–water partition coefficient (Wildman–Crippen LogP) is 3.59. The van der Waals surface area contributed by atoms with Gasteiger partial charge in [-0.15, -0.1) is 11.8 Å². The van der Waals surface area contributed by atoms with Crippen molar-refractivity contribution in [2.24, 2.45) is 5.92 Å². The molecule has 2 aromatic carbocycles. The molecule has 7 heteroatoms. The normalized spacial score (nSPS) is 25.8. The Hall–Kier alpha value is -2.80. The van der Waals surface area contributed by atoms with E-state index in [0.717, 1.165) is 33.9 Å². The van der Waals surface area contributed by atoms with E-state index in [1.54, 1.807) is 23.6 Å². The van der Waals surface area contributed by atoms with Crippen LogP contribution in [-0.4, -0.2) is 40.6 Å². The van der Waals surface area contributed by atoms with Crippen LogP contribution in [0.15, 0.2) is 59.5 Å². The average molecular weight is 422 g/mol. The van der Waals surface area contributed by atoms with Crippen molar-refractivity contribution < 1.29 is 14.4 Å². The highest BCUT2D eigenvalue weighted by Crippen LogP contribution is 2.44. The summed E-state index contributed by atoms with van der Waals surface area (Å²) in [6.45, 7) is 1.52. The number of thioether (sulfide) groups is 1. The number of hydrogen-bond donors (Lipinski definition) is 1. The van der Waals surface area contributed by atoms with Crippen molar-refractivity contribution in [3.63, 3.8) is 0 Å². The van der Waals surface area contributed by atoms with Crippen LogP contribution in [0.4, 0.5) is 10.5 Å². The molecule has 2 heterocycles. The third-order valence-electron chi connectivity index (χ3n) is 6.27. The molecular formula is C23H23N3O3S. The van der Waals surface area contributed by atoms with Crippen LogP contribution >= 0.6 is 11.8 Å². The van der Waals surface area contributed by atoms with E-state index in [1.807, 2.05) is 54.6 Å². The number of nitrogens with zero attached hydrogens (tertiary/aromatic N) is 2. The Balaban J connectivity index is 1.46. The highest BCUT2D eigenvalue weighted by molar-refractivity contribution is 7.99. The highest BCUT2D eigenvalue weighted by atomic mass is 32.2. The van der Waals surface area contributed by atoms with Crippen LogP contribution in [0.3, 0.4) is 0 Å². The predicted molar refractivity (Wildman–Crippen MR) is 115 cm³/mol. The van der Waals surface area contributed by atoms with Crippen molar-refractivity contribution in [3.8, 4) is 0 Å². The van der Waals surface area contributed by atoms with E-state index in [1.165, 1.54) is 0 Å². The summed E-state index contributed by atoms with van der Waals surface area (Å²) in [5, 5.41) is 2.82. The SMILES string of the molecule is C[C@]1(C2CC2)NC(=O)N(CC(=O)N2c3ccccc3SC[C@H]2c2ccccc2)C1=O. The van der Waals surface area contributed by atoms with Gasteiger partial charge in [-0.2, -0.15) is 0 Å². The minimum atomic E-state index is -0.883. The number of amides is 4. The lowest BCUT2D eigenvalue weighted by Crippen LogP contribution is -2.48. The fraction of sp³-hybridized carbons (Fsp3) is 0.348. The van der Waals surface area contributed by atoms with Crippen molar-refractivity contribution in [1.29, 1.82) is 0 Å². The summed E-state index contributed by atoms with van der Waals surface area (Å²) >= 11 is 1.71. The molecule has 5 rings (SSSR count). The van der Waals surface area contributed by atoms with Gasteiger partial charge in [-0.25, -0.2) is 4.79 Å². The molecule has 1 aliphatic carbocycles. The van der Waals surface area contributed by atoms with Gasteiger partial charge in [0.25, 0.3) is 5.91 Å². The molecule has 0 unspecified atom stereocenters. The zero-order valence-corrected chi connectivity index (χ0v) is 17.5. The third-order valence-corrected chi connectivity index (χ3v) is 7.41. The Bertz CT molecular complexity index is 1020. The maximum atomic E-state index is 13.5. The van der Waals surface area contributed by atoms with Gasteiger partial charge in [0.2, 0.25) is 5.91 Å². The third kappa shape index (κ3) is 3.08. The number of fused-ring (bicyclic) bond motifs is 1. The molecule has 30 heavy (non-hydrogen) atoms. The van der Waals surface area contributed by atoms with Crippen LogP contribution in [0, 0.1) is 5.92 Å². The topological polar surface area (TPSA) is 69.7 Å². The first-order valence-electron chi connectivity index (χ1n) is 10.2. The van der Waals surface area contributed by atoms with Crippen LogP contribution < -0.4 is 10.2 Å². The number of imide groups is 1. The number of carbonyl (C=O) groups excluding carboxylic acids is 3. The fourth-order valence-corrected chi connectivity index (χ4v) is 5.59. The summed E-state index contributed by atoms with van der Waals surface area (Å²) < 4.78 is 0. The number of rotatable bonds is 4. The number of anilines is 1. The van der Waals surface area contributed by atoms with Gasteiger partial charge < -0.3 is 10.2 Å². The smallest absolute Gasteiger partial charge is 0.323 e. The van der Waals surface area contributed by atoms with E-state index in [4.69, 9.17) is 0 Å². The van der Waals surface area contributed by atoms with Crippen molar-refractivity contribution >= 4 is 35.3 Å². The van der Waals surface area contributed by atoms with Gasteiger partial charge in [-0.3, -0.25) is 14.5 Å². The van der Waals surface area contributed by atoms with Crippen molar-refractivity contribution in [2.75, 3.05) is 17.2 Å². The molecule has 2 aliphatic heterocycles. The van der Waals surface area contributed by atoms with E-state index >= 15 is 0 Å². The number of para-hydroxylation sites is 1. The standard InChI is InChI=1S/C23H23N3O3S/c1-23(16-11-12-16)21(28)25(22(29)24-23)13-20(27)26-17-9-5-6-10-19(17)30-14-18(26)15-7-3-2-4-8-15/h2-10,16,18H,11-14H2,1H3,(H,24,29)/t18-,23+/m0/s1. The number of nitrogens with one attached hydrogen (secondary N) is 1. The molecule has 1 saturated carbocycles. The van der Waals surface area contributed by atoms with Gasteiger partial charge in [-0.05, 0) is 43.4 Å². The molecular weight excluding hydrogens is 398 g/mol. The second kappa shape index (κ2) is 7.16. The minimum absolute atomic E-state index is 0.158. The van der Waals surface area contributed by atoms with Crippen LogP contribution in [0.25, 0.3) is 0 Å². The molecule has 1 N–H and O–H groups in total. The first-order chi connectivity index (χ1) is 14.5. The molecule has 0 spiro atoms. The second-order valence-corrected chi connectivity index (χ2v) is 9.33. The molecule has 154 valence electrons. The first kappa shape index (κ1) is 19.2. The lowest BCUT2D eigenvalue weighted by molar-refractivity contribution is -0.134. The van der Waals surface area contributed by atoms with Crippen LogP contribution in [0.1, 0.15) is 31.4 Å². The molecule has 1 saturated heterocycles. The lowest BCUT2D eigenvalue weighted by atomic mass is 9.96. The number of hydrogen-bond acceptors (Lipinski definition) is 4. The molecule has 6 nitrogen and oxygen atoms in total. The summed E-state index contributed by atoms with van der Waals surface area (Å²) in [5.74, 6) is 0.338. The second-order valence-electron chi connectivity index (χ2n) is 8.27. The zero-order chi connectivity index (χ0) is 20.9. The fourth-order valence-electron chi connectivity index (χ4n) is 4.43.